The van der Waals surface area contributed by atoms with Crippen molar-refractivity contribution in [1.82, 2.24) is 0 Å². The molecule has 0 fully saturated rings. The lowest BCUT2D eigenvalue weighted by Crippen LogP contribution is -2.14. The zero-order valence-electron chi connectivity index (χ0n) is 4.93. The molecular formula is C5H6ClNO2. The molecule has 0 aromatic rings. The lowest BCUT2D eigenvalue weighted by Gasteiger charge is -1.99. The van der Waals surface area contributed by atoms with E-state index >= 15 is 0 Å². The second-order valence-corrected chi connectivity index (χ2v) is 1.88. The van der Waals surface area contributed by atoms with Crippen molar-refractivity contribution in [2.45, 2.75) is 11.8 Å². The minimum Gasteiger partial charge on any atom is -0.468 e. The molecule has 9 heavy (non-hydrogen) atoms. The summed E-state index contributed by atoms with van der Waals surface area (Å²) in [7, 11) is 1.23. The Morgan fingerprint density at radius 1 is 2.00 bits per heavy atom. The molecule has 0 saturated carbocycles. The van der Waals surface area contributed by atoms with Gasteiger partial charge in [0.2, 0.25) is 0 Å². The van der Waals surface area contributed by atoms with Gasteiger partial charge in [0.25, 0.3) is 0 Å². The van der Waals surface area contributed by atoms with E-state index in [0.29, 0.717) is 0 Å². The highest BCUT2D eigenvalue weighted by atomic mass is 35.5. The Morgan fingerprint density at radius 3 is 2.89 bits per heavy atom. The van der Waals surface area contributed by atoms with Crippen LogP contribution in [0.15, 0.2) is 0 Å². The first kappa shape index (κ1) is 8.25. The van der Waals surface area contributed by atoms with Crippen molar-refractivity contribution in [1.29, 1.82) is 5.26 Å². The molecule has 0 saturated heterocycles. The predicted octanol–water partition coefficient (Wildman–Crippen LogP) is 0.680. The van der Waals surface area contributed by atoms with Crippen LogP contribution in [0.4, 0.5) is 0 Å². The summed E-state index contributed by atoms with van der Waals surface area (Å²) in [6, 6.07) is 1.75. The molecular weight excluding hydrogens is 142 g/mol. The third kappa shape index (κ3) is 2.94. The number of rotatable bonds is 2. The summed E-state index contributed by atoms with van der Waals surface area (Å²) < 4.78 is 4.24. The first-order valence-electron chi connectivity index (χ1n) is 2.31. The third-order valence-electron chi connectivity index (χ3n) is 0.727. The summed E-state index contributed by atoms with van der Waals surface area (Å²) in [5.41, 5.74) is 0. The van der Waals surface area contributed by atoms with Gasteiger partial charge in [-0.05, 0) is 0 Å². The fraction of sp³-hybridized carbons (Fsp3) is 0.600. The number of methoxy groups -OCH3 is 1. The van der Waals surface area contributed by atoms with Crippen molar-refractivity contribution in [2.75, 3.05) is 7.11 Å². The zero-order valence-corrected chi connectivity index (χ0v) is 5.68. The number of alkyl halides is 1. The summed E-state index contributed by atoms with van der Waals surface area (Å²) in [6.07, 6.45) is -0.00573. The smallest absolute Gasteiger partial charge is 0.324 e. The Kier molecular flexibility index (Phi) is 3.81. The number of esters is 1. The SMILES string of the molecule is COC(=O)C(Cl)CC#N. The van der Waals surface area contributed by atoms with Crippen molar-refractivity contribution in [3.8, 4) is 6.07 Å². The van der Waals surface area contributed by atoms with Crippen LogP contribution in [0.3, 0.4) is 0 Å². The summed E-state index contributed by atoms with van der Waals surface area (Å²) in [5.74, 6) is -0.557. The molecule has 0 aromatic carbocycles. The van der Waals surface area contributed by atoms with Crippen LogP contribution in [0.25, 0.3) is 0 Å². The minimum absolute atomic E-state index is 0.00573. The van der Waals surface area contributed by atoms with Crippen LogP contribution in [-0.4, -0.2) is 18.5 Å². The van der Waals surface area contributed by atoms with E-state index in [4.69, 9.17) is 16.9 Å². The number of hydrogen-bond acceptors (Lipinski definition) is 3. The number of ether oxygens (including phenoxy) is 1. The van der Waals surface area contributed by atoms with Crippen molar-refractivity contribution < 1.29 is 9.53 Å². The van der Waals surface area contributed by atoms with E-state index in [1.807, 2.05) is 0 Å². The number of carbonyl (C=O) groups excluding carboxylic acids is 1. The number of carbonyl (C=O) groups is 1. The van der Waals surface area contributed by atoms with Crippen LogP contribution < -0.4 is 0 Å². The minimum atomic E-state index is -0.819. The van der Waals surface area contributed by atoms with Crippen molar-refractivity contribution in [3.05, 3.63) is 0 Å². The van der Waals surface area contributed by atoms with E-state index in [-0.39, 0.29) is 6.42 Å². The number of hydrogen-bond donors (Lipinski definition) is 0. The maximum absolute atomic E-state index is 10.4. The molecule has 1 unspecified atom stereocenters. The fourth-order valence-electron chi connectivity index (χ4n) is 0.291. The highest BCUT2D eigenvalue weighted by molar-refractivity contribution is 6.30. The van der Waals surface area contributed by atoms with Crippen LogP contribution in [0.5, 0.6) is 0 Å². The average molecular weight is 148 g/mol. The molecule has 0 aliphatic rings. The van der Waals surface area contributed by atoms with Crippen molar-refractivity contribution in [3.63, 3.8) is 0 Å². The lowest BCUT2D eigenvalue weighted by atomic mass is 10.3. The Bertz CT molecular complexity index is 140. The molecule has 0 N–H and O–H groups in total. The molecule has 0 bridgehead atoms. The largest absolute Gasteiger partial charge is 0.468 e. The topological polar surface area (TPSA) is 50.1 Å². The molecule has 0 radical (unpaired) electrons. The molecule has 50 valence electrons. The normalized spacial score (nSPS) is 11.7. The van der Waals surface area contributed by atoms with Crippen LogP contribution in [0.2, 0.25) is 0 Å². The molecule has 0 rings (SSSR count). The number of nitrogens with zero attached hydrogens (tertiary/aromatic N) is 1. The fourth-order valence-corrected chi connectivity index (χ4v) is 0.449. The molecule has 3 nitrogen and oxygen atoms in total. The molecule has 1 atom stereocenters. The van der Waals surface area contributed by atoms with Gasteiger partial charge < -0.3 is 4.74 Å². The lowest BCUT2D eigenvalue weighted by molar-refractivity contribution is -0.140. The Morgan fingerprint density at radius 2 is 2.56 bits per heavy atom. The third-order valence-corrected chi connectivity index (χ3v) is 1.06. The van der Waals surface area contributed by atoms with Crippen LogP contribution >= 0.6 is 11.6 Å². The second kappa shape index (κ2) is 4.16. The molecule has 0 spiro atoms. The standard InChI is InChI=1S/C5H6ClNO2/c1-9-5(8)4(6)2-3-7/h4H,2H2,1H3. The summed E-state index contributed by atoms with van der Waals surface area (Å²) in [6.45, 7) is 0. The van der Waals surface area contributed by atoms with Gasteiger partial charge >= 0.3 is 5.97 Å². The maximum atomic E-state index is 10.4. The first-order valence-corrected chi connectivity index (χ1v) is 2.75. The Labute approximate surface area is 58.2 Å². The Hall–Kier alpha value is -0.750. The van der Waals surface area contributed by atoms with Gasteiger partial charge in [0.1, 0.15) is 5.38 Å². The van der Waals surface area contributed by atoms with Crippen LogP contribution in [0, 0.1) is 11.3 Å². The van der Waals surface area contributed by atoms with Crippen molar-refractivity contribution in [2.24, 2.45) is 0 Å². The van der Waals surface area contributed by atoms with Crippen molar-refractivity contribution >= 4 is 17.6 Å². The predicted molar refractivity (Wildman–Crippen MR) is 31.9 cm³/mol. The molecule has 0 aliphatic heterocycles. The van der Waals surface area contributed by atoms with E-state index in [1.165, 1.54) is 7.11 Å². The van der Waals surface area contributed by atoms with Gasteiger partial charge in [-0.3, -0.25) is 4.79 Å². The second-order valence-electron chi connectivity index (χ2n) is 1.35. The molecule has 0 aromatic heterocycles. The van der Waals surface area contributed by atoms with Gasteiger partial charge in [-0.25, -0.2) is 0 Å². The van der Waals surface area contributed by atoms with Crippen LogP contribution in [0.1, 0.15) is 6.42 Å². The van der Waals surface area contributed by atoms with Crippen LogP contribution in [-0.2, 0) is 9.53 Å². The number of nitriles is 1. The Balaban J connectivity index is 3.62. The van der Waals surface area contributed by atoms with Gasteiger partial charge in [-0.1, -0.05) is 0 Å². The number of halogens is 1. The quantitative estimate of drug-likeness (QED) is 0.426. The van der Waals surface area contributed by atoms with E-state index in [0.717, 1.165) is 0 Å². The highest BCUT2D eigenvalue weighted by Gasteiger charge is 2.13. The van der Waals surface area contributed by atoms with Gasteiger partial charge in [0.05, 0.1) is 19.6 Å². The first-order chi connectivity index (χ1) is 4.22. The van der Waals surface area contributed by atoms with Gasteiger partial charge in [-0.2, -0.15) is 5.26 Å². The molecule has 4 heteroatoms. The van der Waals surface area contributed by atoms with E-state index in [1.54, 1.807) is 6.07 Å². The average Bonchev–Trinajstić information content (AvgIpc) is 1.87. The van der Waals surface area contributed by atoms with Gasteiger partial charge in [-0.15, -0.1) is 11.6 Å². The van der Waals surface area contributed by atoms with E-state index in [2.05, 4.69) is 4.74 Å². The molecule has 0 amide bonds. The monoisotopic (exact) mass is 147 g/mol. The van der Waals surface area contributed by atoms with Gasteiger partial charge in [0.15, 0.2) is 0 Å². The molecule has 0 aliphatic carbocycles. The summed E-state index contributed by atoms with van der Waals surface area (Å²) >= 11 is 5.33. The van der Waals surface area contributed by atoms with E-state index in [9.17, 15) is 4.79 Å². The zero-order chi connectivity index (χ0) is 7.28. The molecule has 0 heterocycles. The maximum Gasteiger partial charge on any atom is 0.324 e. The van der Waals surface area contributed by atoms with Gasteiger partial charge in [0, 0.05) is 0 Å². The van der Waals surface area contributed by atoms with E-state index < -0.39 is 11.3 Å². The summed E-state index contributed by atoms with van der Waals surface area (Å²) in [5, 5.41) is 7.22. The highest BCUT2D eigenvalue weighted by Crippen LogP contribution is 2.01. The summed E-state index contributed by atoms with van der Waals surface area (Å²) in [4.78, 5) is 10.4.